The van der Waals surface area contributed by atoms with Crippen LogP contribution < -0.4 is 9.47 Å². The molecule has 0 N–H and O–H groups in total. The summed E-state index contributed by atoms with van der Waals surface area (Å²) >= 11 is 3.36. The highest BCUT2D eigenvalue weighted by atomic mass is 79.9. The number of aryl methyl sites for hydroxylation is 1. The lowest BCUT2D eigenvalue weighted by Crippen LogP contribution is -2.05. The summed E-state index contributed by atoms with van der Waals surface area (Å²) in [6.07, 6.45) is 1.87. The summed E-state index contributed by atoms with van der Waals surface area (Å²) in [6, 6.07) is 5.63. The summed E-state index contributed by atoms with van der Waals surface area (Å²) in [5.74, 6) is 1.29. The predicted octanol–water partition coefficient (Wildman–Crippen LogP) is 2.96. The number of alkyl halides is 1. The third kappa shape index (κ3) is 5.51. The lowest BCUT2D eigenvalue weighted by molar-refractivity contribution is -0.140. The van der Waals surface area contributed by atoms with Crippen molar-refractivity contribution < 1.29 is 19.0 Å². The quantitative estimate of drug-likeness (QED) is 0.417. The maximum atomic E-state index is 11.2. The van der Waals surface area contributed by atoms with Crippen LogP contribution in [0.15, 0.2) is 18.2 Å². The van der Waals surface area contributed by atoms with Gasteiger partial charge in [0.15, 0.2) is 0 Å². The average Bonchev–Trinajstić information content (AvgIpc) is 2.45. The molecule has 0 heterocycles. The monoisotopic (exact) mass is 330 g/mol. The van der Waals surface area contributed by atoms with Crippen molar-refractivity contribution in [1.29, 1.82) is 0 Å². The fourth-order valence-corrected chi connectivity index (χ4v) is 1.81. The molecule has 106 valence electrons. The second kappa shape index (κ2) is 8.80. The lowest BCUT2D eigenvalue weighted by atomic mass is 10.1. The smallest absolute Gasteiger partial charge is 0.305 e. The number of carbonyl (C=O) groups excluding carboxylic acids is 1. The van der Waals surface area contributed by atoms with E-state index in [-0.39, 0.29) is 5.97 Å². The topological polar surface area (TPSA) is 44.8 Å². The van der Waals surface area contributed by atoms with E-state index < -0.39 is 0 Å². The molecular formula is C14H19BrO4. The molecule has 0 fully saturated rings. The van der Waals surface area contributed by atoms with Crippen LogP contribution in [-0.4, -0.2) is 32.1 Å². The molecule has 0 spiro atoms. The van der Waals surface area contributed by atoms with Crippen molar-refractivity contribution >= 4 is 21.9 Å². The fourth-order valence-electron chi connectivity index (χ4n) is 1.58. The molecule has 19 heavy (non-hydrogen) atoms. The Balaban J connectivity index is 2.73. The largest absolute Gasteiger partial charge is 0.497 e. The Labute approximate surface area is 122 Å². The van der Waals surface area contributed by atoms with Gasteiger partial charge in [0.1, 0.15) is 11.5 Å². The molecule has 0 bridgehead atoms. The van der Waals surface area contributed by atoms with Crippen molar-refractivity contribution in [3.63, 3.8) is 0 Å². The third-order valence-corrected chi connectivity index (χ3v) is 3.20. The fraction of sp³-hybridized carbons (Fsp3) is 0.500. The van der Waals surface area contributed by atoms with Gasteiger partial charge in [-0.05, 0) is 24.5 Å². The summed E-state index contributed by atoms with van der Waals surface area (Å²) in [7, 11) is 3.01. The molecule has 0 saturated carbocycles. The van der Waals surface area contributed by atoms with E-state index in [0.29, 0.717) is 19.4 Å². The summed E-state index contributed by atoms with van der Waals surface area (Å²) in [5.41, 5.74) is 0.987. The van der Waals surface area contributed by atoms with Gasteiger partial charge in [-0.25, -0.2) is 0 Å². The van der Waals surface area contributed by atoms with E-state index >= 15 is 0 Å². The van der Waals surface area contributed by atoms with E-state index in [2.05, 4.69) is 20.7 Å². The first-order valence-corrected chi connectivity index (χ1v) is 7.26. The number of benzene rings is 1. The van der Waals surface area contributed by atoms with Gasteiger partial charge in [-0.1, -0.05) is 22.0 Å². The minimum Gasteiger partial charge on any atom is -0.497 e. The van der Waals surface area contributed by atoms with Crippen molar-refractivity contribution in [2.45, 2.75) is 19.3 Å². The van der Waals surface area contributed by atoms with E-state index in [1.807, 2.05) is 18.2 Å². The van der Waals surface area contributed by atoms with E-state index in [1.54, 1.807) is 7.11 Å². The van der Waals surface area contributed by atoms with Crippen LogP contribution in [0.3, 0.4) is 0 Å². The molecule has 0 aromatic heterocycles. The first-order chi connectivity index (χ1) is 9.21. The SMILES string of the molecule is COC(=O)CCc1ccc(OC)cc1OCCCBr. The highest BCUT2D eigenvalue weighted by Gasteiger charge is 2.09. The van der Waals surface area contributed by atoms with Crippen LogP contribution in [0.1, 0.15) is 18.4 Å². The second-order valence-corrected chi connectivity index (χ2v) is 4.73. The highest BCUT2D eigenvalue weighted by Crippen LogP contribution is 2.26. The molecule has 1 aromatic carbocycles. The van der Waals surface area contributed by atoms with Crippen LogP contribution in [0.25, 0.3) is 0 Å². The second-order valence-electron chi connectivity index (χ2n) is 3.94. The Hall–Kier alpha value is -1.23. The Kier molecular flexibility index (Phi) is 7.33. The number of hydrogen-bond donors (Lipinski definition) is 0. The average molecular weight is 331 g/mol. The molecule has 0 amide bonds. The van der Waals surface area contributed by atoms with Gasteiger partial charge in [0.05, 0.1) is 20.8 Å². The van der Waals surface area contributed by atoms with Gasteiger partial charge >= 0.3 is 5.97 Å². The van der Waals surface area contributed by atoms with Gasteiger partial charge in [0.2, 0.25) is 0 Å². The maximum absolute atomic E-state index is 11.2. The molecule has 0 atom stereocenters. The van der Waals surface area contributed by atoms with Crippen molar-refractivity contribution in [1.82, 2.24) is 0 Å². The third-order valence-electron chi connectivity index (χ3n) is 2.64. The van der Waals surface area contributed by atoms with Crippen LogP contribution in [-0.2, 0) is 16.0 Å². The number of methoxy groups -OCH3 is 2. The Morgan fingerprint density at radius 1 is 1.32 bits per heavy atom. The number of hydrogen-bond acceptors (Lipinski definition) is 4. The van der Waals surface area contributed by atoms with Crippen LogP contribution >= 0.6 is 15.9 Å². The molecule has 5 heteroatoms. The van der Waals surface area contributed by atoms with Crippen molar-refractivity contribution in [2.24, 2.45) is 0 Å². The van der Waals surface area contributed by atoms with Crippen LogP contribution in [0, 0.1) is 0 Å². The molecule has 4 nitrogen and oxygen atoms in total. The minimum atomic E-state index is -0.220. The number of halogens is 1. The molecule has 0 radical (unpaired) electrons. The molecule has 0 aliphatic carbocycles. The molecule has 1 aromatic rings. The molecule has 0 unspecified atom stereocenters. The predicted molar refractivity (Wildman–Crippen MR) is 77.2 cm³/mol. The summed E-state index contributed by atoms with van der Waals surface area (Å²) in [6.45, 7) is 0.629. The Bertz CT molecular complexity index is 406. The molecule has 0 saturated heterocycles. The zero-order chi connectivity index (χ0) is 14.1. The van der Waals surface area contributed by atoms with E-state index in [4.69, 9.17) is 9.47 Å². The molecule has 0 aliphatic heterocycles. The van der Waals surface area contributed by atoms with Crippen molar-refractivity contribution in [3.05, 3.63) is 23.8 Å². The first-order valence-electron chi connectivity index (χ1n) is 6.13. The number of carbonyl (C=O) groups is 1. The Morgan fingerprint density at radius 2 is 2.11 bits per heavy atom. The Morgan fingerprint density at radius 3 is 2.74 bits per heavy atom. The van der Waals surface area contributed by atoms with Crippen LogP contribution in [0.2, 0.25) is 0 Å². The van der Waals surface area contributed by atoms with Crippen LogP contribution in [0.4, 0.5) is 0 Å². The van der Waals surface area contributed by atoms with Crippen molar-refractivity contribution in [2.75, 3.05) is 26.2 Å². The highest BCUT2D eigenvalue weighted by molar-refractivity contribution is 9.09. The normalized spacial score (nSPS) is 10.1. The number of rotatable bonds is 8. The lowest BCUT2D eigenvalue weighted by Gasteiger charge is -2.12. The van der Waals surface area contributed by atoms with Gasteiger partial charge in [-0.15, -0.1) is 0 Å². The zero-order valence-electron chi connectivity index (χ0n) is 11.3. The van der Waals surface area contributed by atoms with Crippen LogP contribution in [0.5, 0.6) is 11.5 Å². The summed E-state index contributed by atoms with van der Waals surface area (Å²) < 4.78 is 15.6. The first kappa shape index (κ1) is 15.8. The molecular weight excluding hydrogens is 312 g/mol. The van der Waals surface area contributed by atoms with E-state index in [9.17, 15) is 4.79 Å². The zero-order valence-corrected chi connectivity index (χ0v) is 12.9. The van der Waals surface area contributed by atoms with Gasteiger partial charge in [0.25, 0.3) is 0 Å². The van der Waals surface area contributed by atoms with E-state index in [1.165, 1.54) is 7.11 Å². The van der Waals surface area contributed by atoms with Gasteiger partial charge in [-0.3, -0.25) is 4.79 Å². The maximum Gasteiger partial charge on any atom is 0.305 e. The number of ether oxygens (including phenoxy) is 3. The summed E-state index contributed by atoms with van der Waals surface area (Å²) in [5, 5.41) is 0.897. The van der Waals surface area contributed by atoms with E-state index in [0.717, 1.165) is 28.8 Å². The van der Waals surface area contributed by atoms with Gasteiger partial charge < -0.3 is 14.2 Å². The molecule has 1 rings (SSSR count). The minimum absolute atomic E-state index is 0.220. The molecule has 0 aliphatic rings. The van der Waals surface area contributed by atoms with Crippen molar-refractivity contribution in [3.8, 4) is 11.5 Å². The number of esters is 1. The van der Waals surface area contributed by atoms with Gasteiger partial charge in [-0.2, -0.15) is 0 Å². The standard InChI is InChI=1S/C14H19BrO4/c1-17-12-6-4-11(5-7-14(16)18-2)13(10-12)19-9-3-8-15/h4,6,10H,3,5,7-9H2,1-2H3. The summed E-state index contributed by atoms with van der Waals surface area (Å²) in [4.78, 5) is 11.2. The van der Waals surface area contributed by atoms with Gasteiger partial charge in [0, 0.05) is 17.8 Å².